The highest BCUT2D eigenvalue weighted by atomic mass is 14.9. The Labute approximate surface area is 113 Å². The molecule has 19 heavy (non-hydrogen) atoms. The van der Waals surface area contributed by atoms with Gasteiger partial charge in [-0.15, -0.1) is 0 Å². The van der Waals surface area contributed by atoms with Crippen molar-refractivity contribution in [3.05, 3.63) is 78.1 Å². The maximum absolute atomic E-state index is 4.69. The van der Waals surface area contributed by atoms with E-state index in [4.69, 9.17) is 0 Å². The van der Waals surface area contributed by atoms with Gasteiger partial charge in [-0.1, -0.05) is 42.5 Å². The summed E-state index contributed by atoms with van der Waals surface area (Å²) in [6.07, 6.45) is 7.52. The quantitative estimate of drug-likeness (QED) is 0.883. The van der Waals surface area contributed by atoms with Gasteiger partial charge in [0.05, 0.1) is 17.9 Å². The SMILES string of the molecule is C1=CC(c2cccc(CNc3ccccc3)n2)=CC1. The lowest BCUT2D eigenvalue weighted by Gasteiger charge is -2.07. The predicted octanol–water partition coefficient (Wildman–Crippen LogP) is 4.04. The van der Waals surface area contributed by atoms with Crippen LogP contribution in [0, 0.1) is 0 Å². The largest absolute Gasteiger partial charge is 0.379 e. The van der Waals surface area contributed by atoms with Gasteiger partial charge in [-0.2, -0.15) is 0 Å². The Balaban J connectivity index is 1.71. The summed E-state index contributed by atoms with van der Waals surface area (Å²) in [7, 11) is 0. The van der Waals surface area contributed by atoms with Crippen molar-refractivity contribution in [2.45, 2.75) is 13.0 Å². The standard InChI is InChI=1S/C17H16N2/c1-2-9-15(10-3-1)18-13-16-11-6-12-17(19-16)14-7-4-5-8-14/h1-4,6-12,18H,5,13H2. The van der Waals surface area contributed by atoms with Crippen molar-refractivity contribution >= 4 is 11.3 Å². The lowest BCUT2D eigenvalue weighted by atomic mass is 10.2. The second kappa shape index (κ2) is 5.53. The zero-order valence-electron chi connectivity index (χ0n) is 10.7. The van der Waals surface area contributed by atoms with Gasteiger partial charge in [-0.05, 0) is 36.3 Å². The molecule has 1 heterocycles. The second-order valence-corrected chi connectivity index (χ2v) is 4.53. The molecule has 2 aromatic rings. The molecule has 0 bridgehead atoms. The normalized spacial score (nSPS) is 13.4. The van der Waals surface area contributed by atoms with Gasteiger partial charge in [0, 0.05) is 5.69 Å². The van der Waals surface area contributed by atoms with Gasteiger partial charge >= 0.3 is 0 Å². The van der Waals surface area contributed by atoms with Crippen molar-refractivity contribution in [2.24, 2.45) is 0 Å². The van der Waals surface area contributed by atoms with E-state index in [-0.39, 0.29) is 0 Å². The number of aromatic nitrogens is 1. The van der Waals surface area contributed by atoms with E-state index in [0.29, 0.717) is 0 Å². The number of nitrogens with zero attached hydrogens (tertiary/aromatic N) is 1. The van der Waals surface area contributed by atoms with Crippen LogP contribution in [0.2, 0.25) is 0 Å². The molecule has 1 aromatic heterocycles. The molecule has 0 spiro atoms. The van der Waals surface area contributed by atoms with Crippen LogP contribution in [0.5, 0.6) is 0 Å². The summed E-state index contributed by atoms with van der Waals surface area (Å²) in [5.74, 6) is 0. The van der Waals surface area contributed by atoms with Gasteiger partial charge < -0.3 is 5.32 Å². The summed E-state index contributed by atoms with van der Waals surface area (Å²) in [4.78, 5) is 4.69. The van der Waals surface area contributed by atoms with Crippen molar-refractivity contribution in [2.75, 3.05) is 5.32 Å². The first kappa shape index (κ1) is 11.7. The molecule has 0 saturated carbocycles. The summed E-state index contributed by atoms with van der Waals surface area (Å²) in [5.41, 5.74) is 4.46. The summed E-state index contributed by atoms with van der Waals surface area (Å²) < 4.78 is 0. The lowest BCUT2D eigenvalue weighted by Crippen LogP contribution is -2.02. The molecule has 0 amide bonds. The minimum Gasteiger partial charge on any atom is -0.379 e. The molecule has 0 fully saturated rings. The van der Waals surface area contributed by atoms with E-state index >= 15 is 0 Å². The van der Waals surface area contributed by atoms with E-state index in [1.165, 1.54) is 5.57 Å². The van der Waals surface area contributed by atoms with Gasteiger partial charge in [0.25, 0.3) is 0 Å². The number of anilines is 1. The number of nitrogens with one attached hydrogen (secondary N) is 1. The van der Waals surface area contributed by atoms with Gasteiger partial charge in [-0.3, -0.25) is 4.98 Å². The number of hydrogen-bond acceptors (Lipinski definition) is 2. The molecule has 1 aliphatic rings. The number of pyridine rings is 1. The highest BCUT2D eigenvalue weighted by Gasteiger charge is 2.04. The summed E-state index contributed by atoms with van der Waals surface area (Å²) in [6.45, 7) is 0.745. The monoisotopic (exact) mass is 248 g/mol. The fourth-order valence-electron chi connectivity index (χ4n) is 2.14. The summed E-state index contributed by atoms with van der Waals surface area (Å²) >= 11 is 0. The minimum atomic E-state index is 0.745. The Morgan fingerprint density at radius 1 is 1.00 bits per heavy atom. The first-order chi connectivity index (χ1) is 9.42. The highest BCUT2D eigenvalue weighted by Crippen LogP contribution is 2.20. The summed E-state index contributed by atoms with van der Waals surface area (Å²) in [6, 6.07) is 16.4. The third-order valence-electron chi connectivity index (χ3n) is 3.12. The molecular formula is C17H16N2. The van der Waals surface area contributed by atoms with Gasteiger partial charge in [0.1, 0.15) is 0 Å². The molecule has 1 aromatic carbocycles. The number of para-hydroxylation sites is 1. The van der Waals surface area contributed by atoms with Crippen molar-refractivity contribution in [1.82, 2.24) is 4.98 Å². The molecule has 1 N–H and O–H groups in total. The van der Waals surface area contributed by atoms with Crippen LogP contribution >= 0.6 is 0 Å². The first-order valence-electron chi connectivity index (χ1n) is 6.54. The van der Waals surface area contributed by atoms with E-state index in [2.05, 4.69) is 58.9 Å². The molecule has 0 aliphatic heterocycles. The third kappa shape index (κ3) is 2.91. The molecule has 0 radical (unpaired) electrons. The number of rotatable bonds is 4. The van der Waals surface area contributed by atoms with Crippen molar-refractivity contribution < 1.29 is 0 Å². The van der Waals surface area contributed by atoms with Gasteiger partial charge in [0.15, 0.2) is 0 Å². The molecule has 3 rings (SSSR count). The molecular weight excluding hydrogens is 232 g/mol. The topological polar surface area (TPSA) is 24.9 Å². The summed E-state index contributed by atoms with van der Waals surface area (Å²) in [5, 5.41) is 3.38. The van der Waals surface area contributed by atoms with Crippen LogP contribution in [0.1, 0.15) is 17.8 Å². The predicted molar refractivity (Wildman–Crippen MR) is 79.7 cm³/mol. The first-order valence-corrected chi connectivity index (χ1v) is 6.54. The Kier molecular flexibility index (Phi) is 3.41. The molecule has 2 nitrogen and oxygen atoms in total. The molecule has 94 valence electrons. The average molecular weight is 248 g/mol. The molecule has 0 atom stereocenters. The van der Waals surface area contributed by atoms with Gasteiger partial charge in [-0.25, -0.2) is 0 Å². The van der Waals surface area contributed by atoms with Crippen LogP contribution in [0.4, 0.5) is 5.69 Å². The maximum atomic E-state index is 4.69. The molecule has 0 saturated heterocycles. The van der Waals surface area contributed by atoms with Gasteiger partial charge in [0.2, 0.25) is 0 Å². The fraction of sp³-hybridized carbons (Fsp3) is 0.118. The van der Waals surface area contributed by atoms with Crippen LogP contribution in [0.15, 0.2) is 66.8 Å². The number of hydrogen-bond donors (Lipinski definition) is 1. The van der Waals surface area contributed by atoms with Crippen LogP contribution in [0.25, 0.3) is 5.57 Å². The highest BCUT2D eigenvalue weighted by molar-refractivity contribution is 5.74. The number of benzene rings is 1. The van der Waals surface area contributed by atoms with Crippen molar-refractivity contribution in [3.63, 3.8) is 0 Å². The van der Waals surface area contributed by atoms with Crippen LogP contribution in [0.3, 0.4) is 0 Å². The maximum Gasteiger partial charge on any atom is 0.0702 e. The van der Waals surface area contributed by atoms with Crippen molar-refractivity contribution in [3.8, 4) is 0 Å². The minimum absolute atomic E-state index is 0.745. The zero-order chi connectivity index (χ0) is 12.9. The Morgan fingerprint density at radius 2 is 1.89 bits per heavy atom. The average Bonchev–Trinajstić information content (AvgIpc) is 3.01. The Hall–Kier alpha value is -2.35. The molecule has 0 unspecified atom stereocenters. The van der Waals surface area contributed by atoms with Crippen LogP contribution in [-0.4, -0.2) is 4.98 Å². The van der Waals surface area contributed by atoms with E-state index in [1.807, 2.05) is 18.2 Å². The fourth-order valence-corrected chi connectivity index (χ4v) is 2.14. The van der Waals surface area contributed by atoms with Crippen LogP contribution < -0.4 is 5.32 Å². The molecule has 2 heteroatoms. The van der Waals surface area contributed by atoms with E-state index < -0.39 is 0 Å². The van der Waals surface area contributed by atoms with E-state index in [1.54, 1.807) is 0 Å². The van der Waals surface area contributed by atoms with Crippen LogP contribution in [-0.2, 0) is 6.54 Å². The van der Waals surface area contributed by atoms with E-state index in [9.17, 15) is 0 Å². The molecule has 1 aliphatic carbocycles. The third-order valence-corrected chi connectivity index (χ3v) is 3.12. The lowest BCUT2D eigenvalue weighted by molar-refractivity contribution is 1.04. The van der Waals surface area contributed by atoms with Crippen molar-refractivity contribution in [1.29, 1.82) is 0 Å². The van der Waals surface area contributed by atoms with E-state index in [0.717, 1.165) is 30.0 Å². The smallest absolute Gasteiger partial charge is 0.0702 e. The number of allylic oxidation sites excluding steroid dienone is 4. The zero-order valence-corrected chi connectivity index (χ0v) is 10.7. The Morgan fingerprint density at radius 3 is 2.68 bits per heavy atom. The second-order valence-electron chi connectivity index (χ2n) is 4.53. The Bertz CT molecular complexity index is 612.